The van der Waals surface area contributed by atoms with Gasteiger partial charge in [-0.25, -0.2) is 4.79 Å². The minimum absolute atomic E-state index is 0.0573. The standard InChI is InChI=1S/C15H16N2O2/c1-4-11-12-7-10(8-16)5-6-13(12)17(9(2)3)14(11)15(18)19/h5-7,9H,4H2,1-3H3,(H,18,19). The van der Waals surface area contributed by atoms with E-state index in [-0.39, 0.29) is 6.04 Å². The van der Waals surface area contributed by atoms with Crippen LogP contribution in [0.2, 0.25) is 0 Å². The molecule has 0 saturated carbocycles. The van der Waals surface area contributed by atoms with Gasteiger partial charge >= 0.3 is 5.97 Å². The maximum absolute atomic E-state index is 11.5. The summed E-state index contributed by atoms with van der Waals surface area (Å²) in [6.07, 6.45) is 0.632. The summed E-state index contributed by atoms with van der Waals surface area (Å²) in [6, 6.07) is 7.50. The minimum atomic E-state index is -0.916. The van der Waals surface area contributed by atoms with Crippen molar-refractivity contribution in [1.29, 1.82) is 5.26 Å². The molecule has 4 nitrogen and oxygen atoms in total. The highest BCUT2D eigenvalue weighted by molar-refractivity contribution is 5.98. The number of hydrogen-bond acceptors (Lipinski definition) is 2. The molecule has 0 fully saturated rings. The second-order valence-corrected chi connectivity index (χ2v) is 4.79. The van der Waals surface area contributed by atoms with Crippen LogP contribution in [-0.2, 0) is 6.42 Å². The Labute approximate surface area is 111 Å². The predicted molar refractivity (Wildman–Crippen MR) is 73.4 cm³/mol. The zero-order valence-corrected chi connectivity index (χ0v) is 11.3. The van der Waals surface area contributed by atoms with E-state index in [1.54, 1.807) is 12.1 Å². The molecule has 2 aromatic rings. The Kier molecular flexibility index (Phi) is 3.30. The van der Waals surface area contributed by atoms with Crippen LogP contribution in [0.15, 0.2) is 18.2 Å². The fourth-order valence-corrected chi connectivity index (χ4v) is 2.58. The van der Waals surface area contributed by atoms with Crippen LogP contribution in [0.4, 0.5) is 0 Å². The summed E-state index contributed by atoms with van der Waals surface area (Å²) in [5, 5.41) is 19.3. The SMILES string of the molecule is CCc1c(C(=O)O)n(C(C)C)c2ccc(C#N)cc12. The highest BCUT2D eigenvalue weighted by Gasteiger charge is 2.22. The van der Waals surface area contributed by atoms with Crippen LogP contribution in [0.5, 0.6) is 0 Å². The monoisotopic (exact) mass is 256 g/mol. The van der Waals surface area contributed by atoms with Gasteiger partial charge in [-0.15, -0.1) is 0 Å². The Bertz CT molecular complexity index is 690. The molecule has 98 valence electrons. The Balaban J connectivity index is 2.95. The maximum atomic E-state index is 11.5. The van der Waals surface area contributed by atoms with E-state index in [2.05, 4.69) is 6.07 Å². The molecule has 0 bridgehead atoms. The lowest BCUT2D eigenvalue weighted by molar-refractivity contribution is 0.0683. The summed E-state index contributed by atoms with van der Waals surface area (Å²) in [6.45, 7) is 5.86. The number of nitriles is 1. The highest BCUT2D eigenvalue weighted by atomic mass is 16.4. The van der Waals surface area contributed by atoms with Gasteiger partial charge in [0.25, 0.3) is 0 Å². The van der Waals surface area contributed by atoms with E-state index in [1.807, 2.05) is 31.4 Å². The van der Waals surface area contributed by atoms with E-state index in [4.69, 9.17) is 5.26 Å². The Morgan fingerprint density at radius 1 is 1.47 bits per heavy atom. The fourth-order valence-electron chi connectivity index (χ4n) is 2.58. The molecule has 1 aromatic carbocycles. The molecule has 0 saturated heterocycles. The predicted octanol–water partition coefficient (Wildman–Crippen LogP) is 3.35. The number of benzene rings is 1. The molecule has 1 aromatic heterocycles. The Morgan fingerprint density at radius 3 is 2.63 bits per heavy atom. The van der Waals surface area contributed by atoms with Crippen LogP contribution in [0.1, 0.15) is 48.4 Å². The number of rotatable bonds is 3. The molecule has 2 rings (SSSR count). The molecule has 4 heteroatoms. The van der Waals surface area contributed by atoms with Crippen molar-refractivity contribution in [1.82, 2.24) is 4.57 Å². The van der Waals surface area contributed by atoms with Gasteiger partial charge in [0.1, 0.15) is 5.69 Å². The van der Waals surface area contributed by atoms with Crippen molar-refractivity contribution in [2.45, 2.75) is 33.2 Å². The molecule has 0 aliphatic carbocycles. The number of aromatic carboxylic acids is 1. The van der Waals surface area contributed by atoms with Crippen molar-refractivity contribution < 1.29 is 9.90 Å². The van der Waals surface area contributed by atoms with E-state index >= 15 is 0 Å². The number of aromatic nitrogens is 1. The van der Waals surface area contributed by atoms with Crippen molar-refractivity contribution >= 4 is 16.9 Å². The van der Waals surface area contributed by atoms with Gasteiger partial charge < -0.3 is 9.67 Å². The van der Waals surface area contributed by atoms with E-state index in [0.717, 1.165) is 16.5 Å². The lowest BCUT2D eigenvalue weighted by Gasteiger charge is -2.12. The number of nitrogens with zero attached hydrogens (tertiary/aromatic N) is 2. The summed E-state index contributed by atoms with van der Waals surface area (Å²) in [5.74, 6) is -0.916. The third-order valence-corrected chi connectivity index (χ3v) is 3.31. The molecule has 1 N–H and O–H groups in total. The third kappa shape index (κ3) is 1.97. The Hall–Kier alpha value is -2.28. The first-order valence-electron chi connectivity index (χ1n) is 6.31. The molecule has 0 amide bonds. The van der Waals surface area contributed by atoms with Crippen molar-refractivity contribution in [2.24, 2.45) is 0 Å². The van der Waals surface area contributed by atoms with Gasteiger partial charge in [-0.3, -0.25) is 0 Å². The second kappa shape index (κ2) is 4.77. The maximum Gasteiger partial charge on any atom is 0.352 e. The minimum Gasteiger partial charge on any atom is -0.477 e. The lowest BCUT2D eigenvalue weighted by atomic mass is 10.1. The zero-order chi connectivity index (χ0) is 14.2. The van der Waals surface area contributed by atoms with Crippen LogP contribution < -0.4 is 0 Å². The quantitative estimate of drug-likeness (QED) is 0.915. The molecule has 0 atom stereocenters. The van der Waals surface area contributed by atoms with E-state index < -0.39 is 5.97 Å². The van der Waals surface area contributed by atoms with Crippen LogP contribution in [-0.4, -0.2) is 15.6 Å². The van der Waals surface area contributed by atoms with Crippen LogP contribution in [0.25, 0.3) is 10.9 Å². The van der Waals surface area contributed by atoms with Crippen LogP contribution in [0.3, 0.4) is 0 Å². The fraction of sp³-hybridized carbons (Fsp3) is 0.333. The zero-order valence-electron chi connectivity index (χ0n) is 11.3. The van der Waals surface area contributed by atoms with Crippen molar-refractivity contribution in [3.63, 3.8) is 0 Å². The molecular weight excluding hydrogens is 240 g/mol. The van der Waals surface area contributed by atoms with Gasteiger partial charge in [0.05, 0.1) is 11.6 Å². The normalized spacial score (nSPS) is 10.9. The number of aryl methyl sites for hydroxylation is 1. The summed E-state index contributed by atoms with van der Waals surface area (Å²) in [4.78, 5) is 11.5. The van der Waals surface area contributed by atoms with Gasteiger partial charge in [0, 0.05) is 16.9 Å². The van der Waals surface area contributed by atoms with E-state index in [9.17, 15) is 9.90 Å². The number of carboxylic acid groups (broad SMARTS) is 1. The number of carbonyl (C=O) groups is 1. The Morgan fingerprint density at radius 2 is 2.16 bits per heavy atom. The molecular formula is C15H16N2O2. The van der Waals surface area contributed by atoms with E-state index in [0.29, 0.717) is 17.7 Å². The van der Waals surface area contributed by atoms with Gasteiger partial charge in [-0.05, 0) is 44.0 Å². The van der Waals surface area contributed by atoms with Crippen LogP contribution >= 0.6 is 0 Å². The first kappa shape index (κ1) is 13.2. The van der Waals surface area contributed by atoms with Crippen molar-refractivity contribution in [2.75, 3.05) is 0 Å². The summed E-state index contributed by atoms with van der Waals surface area (Å²) < 4.78 is 1.83. The van der Waals surface area contributed by atoms with Gasteiger partial charge in [-0.1, -0.05) is 6.92 Å². The molecule has 0 aliphatic heterocycles. The number of hydrogen-bond donors (Lipinski definition) is 1. The van der Waals surface area contributed by atoms with Gasteiger partial charge in [0.2, 0.25) is 0 Å². The summed E-state index contributed by atoms with van der Waals surface area (Å²) in [7, 11) is 0. The first-order chi connectivity index (χ1) is 9.01. The summed E-state index contributed by atoms with van der Waals surface area (Å²) >= 11 is 0. The molecule has 0 spiro atoms. The van der Waals surface area contributed by atoms with E-state index in [1.165, 1.54) is 0 Å². The second-order valence-electron chi connectivity index (χ2n) is 4.79. The average molecular weight is 256 g/mol. The van der Waals surface area contributed by atoms with Gasteiger partial charge in [-0.2, -0.15) is 5.26 Å². The molecule has 0 unspecified atom stereocenters. The lowest BCUT2D eigenvalue weighted by Crippen LogP contribution is -2.12. The average Bonchev–Trinajstić information content (AvgIpc) is 2.71. The third-order valence-electron chi connectivity index (χ3n) is 3.31. The van der Waals surface area contributed by atoms with Gasteiger partial charge in [0.15, 0.2) is 0 Å². The smallest absolute Gasteiger partial charge is 0.352 e. The highest BCUT2D eigenvalue weighted by Crippen LogP contribution is 2.30. The number of carboxylic acids is 1. The topological polar surface area (TPSA) is 66.0 Å². The molecule has 1 heterocycles. The summed E-state index contributed by atoms with van der Waals surface area (Å²) in [5.41, 5.74) is 2.57. The first-order valence-corrected chi connectivity index (χ1v) is 6.31. The molecule has 0 aliphatic rings. The molecule has 0 radical (unpaired) electrons. The van der Waals surface area contributed by atoms with Crippen molar-refractivity contribution in [3.05, 3.63) is 35.0 Å². The number of fused-ring (bicyclic) bond motifs is 1. The van der Waals surface area contributed by atoms with Crippen LogP contribution in [0, 0.1) is 11.3 Å². The molecule has 19 heavy (non-hydrogen) atoms. The largest absolute Gasteiger partial charge is 0.477 e. The van der Waals surface area contributed by atoms with Crippen molar-refractivity contribution in [3.8, 4) is 6.07 Å².